The monoisotopic (exact) mass is 376 g/mol. The van der Waals surface area contributed by atoms with Crippen molar-refractivity contribution in [1.82, 2.24) is 5.32 Å². The first-order chi connectivity index (χ1) is 12.5. The number of rotatable bonds is 5. The average Bonchev–Trinajstić information content (AvgIpc) is 3.08. The Kier molecular flexibility index (Phi) is 5.71. The largest absolute Gasteiger partial charge is 0.494 e. The quantitative estimate of drug-likeness (QED) is 0.710. The number of halogens is 2. The van der Waals surface area contributed by atoms with Gasteiger partial charge in [-0.05, 0) is 61.8 Å². The van der Waals surface area contributed by atoms with E-state index in [0.29, 0.717) is 17.4 Å². The molecule has 1 saturated carbocycles. The Morgan fingerprint density at radius 2 is 1.77 bits per heavy atom. The molecule has 3 rings (SSSR count). The molecule has 0 aromatic heterocycles. The van der Waals surface area contributed by atoms with Crippen LogP contribution in [-0.4, -0.2) is 11.7 Å². The molecule has 0 heterocycles. The number of hydrogen-bond acceptors (Lipinski definition) is 2. The van der Waals surface area contributed by atoms with Crippen LogP contribution in [-0.2, 0) is 5.54 Å². The predicted molar refractivity (Wildman–Crippen MR) is 103 cm³/mol. The summed E-state index contributed by atoms with van der Waals surface area (Å²) >= 11 is 5.42. The molecule has 1 aliphatic rings. The van der Waals surface area contributed by atoms with Crippen LogP contribution in [0.1, 0.15) is 38.2 Å². The van der Waals surface area contributed by atoms with Gasteiger partial charge in [0.1, 0.15) is 5.75 Å². The van der Waals surface area contributed by atoms with Gasteiger partial charge in [0, 0.05) is 11.8 Å². The van der Waals surface area contributed by atoms with E-state index in [9.17, 15) is 8.78 Å². The highest BCUT2D eigenvalue weighted by atomic mass is 32.1. The number of nitrogens with one attached hydrogen (secondary N) is 2. The summed E-state index contributed by atoms with van der Waals surface area (Å²) in [6, 6.07) is 11.7. The number of hydrogen-bond donors (Lipinski definition) is 2. The Balaban J connectivity index is 1.74. The molecule has 1 aliphatic carbocycles. The summed E-state index contributed by atoms with van der Waals surface area (Å²) in [5.41, 5.74) is 1.31. The van der Waals surface area contributed by atoms with Crippen molar-refractivity contribution >= 4 is 23.0 Å². The van der Waals surface area contributed by atoms with Crippen molar-refractivity contribution in [2.75, 3.05) is 11.9 Å². The van der Waals surface area contributed by atoms with Gasteiger partial charge in [-0.3, -0.25) is 0 Å². The van der Waals surface area contributed by atoms with Crippen molar-refractivity contribution in [2.45, 2.75) is 38.1 Å². The molecule has 138 valence electrons. The predicted octanol–water partition coefficient (Wildman–Crippen LogP) is 5.12. The Labute approximate surface area is 157 Å². The normalized spacial score (nSPS) is 15.5. The topological polar surface area (TPSA) is 33.3 Å². The molecule has 0 spiro atoms. The second-order valence-corrected chi connectivity index (χ2v) is 6.86. The van der Waals surface area contributed by atoms with Gasteiger partial charge in [-0.25, -0.2) is 8.78 Å². The van der Waals surface area contributed by atoms with E-state index >= 15 is 0 Å². The van der Waals surface area contributed by atoms with Gasteiger partial charge in [0.05, 0.1) is 12.1 Å². The van der Waals surface area contributed by atoms with E-state index in [1.807, 2.05) is 19.1 Å². The maximum Gasteiger partial charge on any atom is 0.171 e. The zero-order chi connectivity index (χ0) is 18.6. The van der Waals surface area contributed by atoms with Crippen LogP contribution < -0.4 is 15.4 Å². The van der Waals surface area contributed by atoms with Gasteiger partial charge < -0.3 is 15.4 Å². The zero-order valence-electron chi connectivity index (χ0n) is 14.6. The van der Waals surface area contributed by atoms with Gasteiger partial charge >= 0.3 is 0 Å². The fourth-order valence-corrected chi connectivity index (χ4v) is 3.77. The van der Waals surface area contributed by atoms with Crippen LogP contribution in [0.3, 0.4) is 0 Å². The van der Waals surface area contributed by atoms with Crippen molar-refractivity contribution in [1.29, 1.82) is 0 Å². The van der Waals surface area contributed by atoms with E-state index in [1.54, 1.807) is 0 Å². The van der Waals surface area contributed by atoms with Crippen molar-refractivity contribution < 1.29 is 13.5 Å². The highest BCUT2D eigenvalue weighted by Gasteiger charge is 2.36. The lowest BCUT2D eigenvalue weighted by molar-refractivity contribution is 0.339. The van der Waals surface area contributed by atoms with Crippen LogP contribution in [0.2, 0.25) is 0 Å². The third-order valence-electron chi connectivity index (χ3n) is 4.71. The molecule has 0 radical (unpaired) electrons. The van der Waals surface area contributed by atoms with E-state index in [0.717, 1.165) is 49.1 Å². The number of ether oxygens (including phenoxy) is 1. The lowest BCUT2D eigenvalue weighted by Gasteiger charge is -2.32. The van der Waals surface area contributed by atoms with E-state index in [1.165, 1.54) is 6.07 Å². The fourth-order valence-electron chi connectivity index (χ4n) is 3.45. The molecule has 26 heavy (non-hydrogen) atoms. The first-order valence-electron chi connectivity index (χ1n) is 8.80. The lowest BCUT2D eigenvalue weighted by Crippen LogP contribution is -2.45. The summed E-state index contributed by atoms with van der Waals surface area (Å²) in [5.74, 6) is -0.942. The third kappa shape index (κ3) is 4.12. The van der Waals surface area contributed by atoms with Crippen molar-refractivity contribution in [3.8, 4) is 5.75 Å². The molecule has 0 atom stereocenters. The SMILES string of the molecule is CCOc1ccc(C2(NC(=S)Nc3ccc(F)c(F)c3)CCCC2)cc1. The minimum atomic E-state index is -0.903. The smallest absolute Gasteiger partial charge is 0.171 e. The molecule has 0 aliphatic heterocycles. The molecule has 0 amide bonds. The maximum atomic E-state index is 13.4. The Morgan fingerprint density at radius 1 is 1.08 bits per heavy atom. The molecule has 6 heteroatoms. The van der Waals surface area contributed by atoms with Crippen LogP contribution in [0.15, 0.2) is 42.5 Å². The summed E-state index contributed by atoms with van der Waals surface area (Å²) < 4.78 is 32.0. The van der Waals surface area contributed by atoms with Gasteiger partial charge in [-0.15, -0.1) is 0 Å². The molecule has 2 aromatic rings. The van der Waals surface area contributed by atoms with Crippen LogP contribution in [0, 0.1) is 11.6 Å². The average molecular weight is 376 g/mol. The molecular weight excluding hydrogens is 354 g/mol. The maximum absolute atomic E-state index is 13.4. The molecule has 1 fully saturated rings. The first kappa shape index (κ1) is 18.6. The number of thiocarbonyl (C=S) groups is 1. The molecule has 2 aromatic carbocycles. The third-order valence-corrected chi connectivity index (χ3v) is 4.91. The van der Waals surface area contributed by atoms with E-state index in [4.69, 9.17) is 17.0 Å². The van der Waals surface area contributed by atoms with Crippen molar-refractivity contribution in [2.24, 2.45) is 0 Å². The Morgan fingerprint density at radius 3 is 2.38 bits per heavy atom. The minimum Gasteiger partial charge on any atom is -0.494 e. The van der Waals surface area contributed by atoms with Crippen LogP contribution >= 0.6 is 12.2 Å². The van der Waals surface area contributed by atoms with Gasteiger partial charge in [0.2, 0.25) is 0 Å². The molecule has 2 N–H and O–H groups in total. The molecule has 0 saturated heterocycles. The highest BCUT2D eigenvalue weighted by molar-refractivity contribution is 7.80. The second kappa shape index (κ2) is 7.99. The number of anilines is 1. The van der Waals surface area contributed by atoms with Gasteiger partial charge in [-0.1, -0.05) is 25.0 Å². The van der Waals surface area contributed by atoms with Crippen LogP contribution in [0.5, 0.6) is 5.75 Å². The van der Waals surface area contributed by atoms with Gasteiger partial charge in [0.25, 0.3) is 0 Å². The van der Waals surface area contributed by atoms with Crippen LogP contribution in [0.25, 0.3) is 0 Å². The molecule has 0 bridgehead atoms. The van der Waals surface area contributed by atoms with E-state index in [-0.39, 0.29) is 5.54 Å². The highest BCUT2D eigenvalue weighted by Crippen LogP contribution is 2.39. The summed E-state index contributed by atoms with van der Waals surface area (Å²) in [4.78, 5) is 0. The van der Waals surface area contributed by atoms with Crippen molar-refractivity contribution in [3.05, 3.63) is 59.7 Å². The van der Waals surface area contributed by atoms with E-state index in [2.05, 4.69) is 22.8 Å². The minimum absolute atomic E-state index is 0.257. The Bertz CT molecular complexity index is 774. The zero-order valence-corrected chi connectivity index (χ0v) is 15.5. The van der Waals surface area contributed by atoms with Gasteiger partial charge in [-0.2, -0.15) is 0 Å². The first-order valence-corrected chi connectivity index (χ1v) is 9.21. The van der Waals surface area contributed by atoms with E-state index < -0.39 is 11.6 Å². The number of benzene rings is 2. The Hall–Kier alpha value is -2.21. The summed E-state index contributed by atoms with van der Waals surface area (Å²) in [6.07, 6.45) is 4.13. The summed E-state index contributed by atoms with van der Waals surface area (Å²) in [5, 5.41) is 6.75. The van der Waals surface area contributed by atoms with Crippen LogP contribution in [0.4, 0.5) is 14.5 Å². The van der Waals surface area contributed by atoms with Crippen molar-refractivity contribution in [3.63, 3.8) is 0 Å². The van der Waals surface area contributed by atoms with Gasteiger partial charge in [0.15, 0.2) is 16.7 Å². The molecule has 3 nitrogen and oxygen atoms in total. The standard InChI is InChI=1S/C20H22F2N2OS/c1-2-25-16-8-5-14(6-9-16)20(11-3-4-12-20)24-19(26)23-15-7-10-17(21)18(22)13-15/h5-10,13H,2-4,11-12H2,1H3,(H2,23,24,26). The summed E-state index contributed by atoms with van der Waals surface area (Å²) in [6.45, 7) is 2.58. The lowest BCUT2D eigenvalue weighted by atomic mass is 9.88. The molecular formula is C20H22F2N2OS. The fraction of sp³-hybridized carbons (Fsp3) is 0.350. The summed E-state index contributed by atoms with van der Waals surface area (Å²) in [7, 11) is 0. The second-order valence-electron chi connectivity index (χ2n) is 6.45. The molecule has 0 unspecified atom stereocenters.